The van der Waals surface area contributed by atoms with Crippen LogP contribution in [-0.4, -0.2) is 17.3 Å². The van der Waals surface area contributed by atoms with Crippen LogP contribution in [0, 0.1) is 17.0 Å². The molecule has 6 nitrogen and oxygen atoms in total. The molecule has 2 aromatic carbocycles. The quantitative estimate of drug-likeness (QED) is 0.497. The zero-order valence-electron chi connectivity index (χ0n) is 12.4. The van der Waals surface area contributed by atoms with Crippen LogP contribution >= 0.6 is 11.6 Å². The van der Waals surface area contributed by atoms with E-state index in [4.69, 9.17) is 22.1 Å². The lowest BCUT2D eigenvalue weighted by atomic mass is 10.1. The van der Waals surface area contributed by atoms with Gasteiger partial charge >= 0.3 is 0 Å². The minimum atomic E-state index is -0.432. The molecule has 2 aromatic rings. The van der Waals surface area contributed by atoms with Crippen molar-refractivity contribution >= 4 is 23.1 Å². The highest BCUT2D eigenvalue weighted by Crippen LogP contribution is 2.27. The van der Waals surface area contributed by atoms with Crippen molar-refractivity contribution in [2.24, 2.45) is 5.73 Å². The van der Waals surface area contributed by atoms with Crippen molar-refractivity contribution in [2.45, 2.75) is 13.5 Å². The summed E-state index contributed by atoms with van der Waals surface area (Å²) in [6, 6.07) is 9.53. The lowest BCUT2D eigenvalue weighted by Crippen LogP contribution is -2.13. The van der Waals surface area contributed by atoms with Gasteiger partial charge in [-0.15, -0.1) is 0 Å². The second-order valence-electron chi connectivity index (χ2n) is 4.94. The van der Waals surface area contributed by atoms with Crippen LogP contribution in [0.2, 0.25) is 5.02 Å². The van der Waals surface area contributed by atoms with Gasteiger partial charge in [-0.2, -0.15) is 0 Å². The van der Waals surface area contributed by atoms with Gasteiger partial charge in [-0.05, 0) is 30.7 Å². The van der Waals surface area contributed by atoms with Crippen molar-refractivity contribution in [2.75, 3.05) is 6.54 Å². The van der Waals surface area contributed by atoms with Crippen molar-refractivity contribution in [1.29, 1.82) is 0 Å². The molecule has 0 aliphatic rings. The number of hydrogen-bond acceptors (Lipinski definition) is 5. The summed E-state index contributed by atoms with van der Waals surface area (Å²) in [5.74, 6) is 0.177. The highest BCUT2D eigenvalue weighted by molar-refractivity contribution is 6.32. The third kappa shape index (κ3) is 4.06. The smallest absolute Gasteiger partial charge is 0.272 e. The Hall–Kier alpha value is -2.44. The molecule has 0 amide bonds. The second-order valence-corrected chi connectivity index (χ2v) is 5.35. The summed E-state index contributed by atoms with van der Waals surface area (Å²) in [7, 11) is 0. The SMILES string of the molecule is Cc1ccc(COc2ccc(C(=O)CN)cc2Cl)cc1[N+](=O)[O-]. The molecular formula is C16H15ClN2O4. The van der Waals surface area contributed by atoms with E-state index in [1.54, 1.807) is 31.2 Å². The Balaban J connectivity index is 2.14. The molecular weight excluding hydrogens is 320 g/mol. The fraction of sp³-hybridized carbons (Fsp3) is 0.188. The number of rotatable bonds is 6. The number of carbonyl (C=O) groups excluding carboxylic acids is 1. The molecule has 0 saturated carbocycles. The maximum Gasteiger partial charge on any atom is 0.272 e. The molecule has 0 bridgehead atoms. The Morgan fingerprint density at radius 2 is 2.04 bits per heavy atom. The van der Waals surface area contributed by atoms with E-state index in [0.717, 1.165) is 0 Å². The first-order valence-electron chi connectivity index (χ1n) is 6.82. The van der Waals surface area contributed by atoms with E-state index in [1.165, 1.54) is 12.1 Å². The van der Waals surface area contributed by atoms with Crippen LogP contribution in [0.1, 0.15) is 21.5 Å². The van der Waals surface area contributed by atoms with Crippen LogP contribution in [0.4, 0.5) is 5.69 Å². The van der Waals surface area contributed by atoms with Crippen LogP contribution in [0.25, 0.3) is 0 Å². The fourth-order valence-corrected chi connectivity index (χ4v) is 2.25. The van der Waals surface area contributed by atoms with Gasteiger partial charge in [0, 0.05) is 17.2 Å². The molecule has 0 saturated heterocycles. The zero-order chi connectivity index (χ0) is 17.0. The van der Waals surface area contributed by atoms with Gasteiger partial charge in [0.15, 0.2) is 5.78 Å². The van der Waals surface area contributed by atoms with Gasteiger partial charge in [-0.3, -0.25) is 14.9 Å². The minimum Gasteiger partial charge on any atom is -0.487 e. The standard InChI is InChI=1S/C16H15ClN2O4/c1-10-2-3-11(6-14(10)19(21)22)9-23-16-5-4-12(7-13(16)17)15(20)8-18/h2-7H,8-9,18H2,1H3. The average Bonchev–Trinajstić information content (AvgIpc) is 2.53. The van der Waals surface area contributed by atoms with Crippen molar-refractivity contribution in [1.82, 2.24) is 0 Å². The van der Waals surface area contributed by atoms with Gasteiger partial charge in [-0.1, -0.05) is 23.7 Å². The Morgan fingerprint density at radius 1 is 1.30 bits per heavy atom. The van der Waals surface area contributed by atoms with Crippen LogP contribution < -0.4 is 10.5 Å². The van der Waals surface area contributed by atoms with E-state index in [9.17, 15) is 14.9 Å². The number of benzene rings is 2. The topological polar surface area (TPSA) is 95.5 Å². The summed E-state index contributed by atoms with van der Waals surface area (Å²) in [5.41, 5.74) is 6.99. The number of ether oxygens (including phenoxy) is 1. The minimum absolute atomic E-state index is 0.0427. The Morgan fingerprint density at radius 3 is 2.65 bits per heavy atom. The highest BCUT2D eigenvalue weighted by Gasteiger charge is 2.12. The summed E-state index contributed by atoms with van der Waals surface area (Å²) in [6.07, 6.45) is 0. The maximum absolute atomic E-state index is 11.5. The number of nitrogens with two attached hydrogens (primary N) is 1. The average molecular weight is 335 g/mol. The maximum atomic E-state index is 11.5. The normalized spacial score (nSPS) is 10.4. The Bertz CT molecular complexity index is 762. The Kier molecular flexibility index (Phi) is 5.31. The van der Waals surface area contributed by atoms with E-state index in [1.807, 2.05) is 0 Å². The first-order valence-corrected chi connectivity index (χ1v) is 7.19. The number of nitro groups is 1. The molecule has 0 spiro atoms. The van der Waals surface area contributed by atoms with Crippen molar-refractivity contribution < 1.29 is 14.5 Å². The molecule has 0 unspecified atom stereocenters. The molecule has 2 N–H and O–H groups in total. The number of hydrogen-bond donors (Lipinski definition) is 1. The number of aryl methyl sites for hydroxylation is 1. The second kappa shape index (κ2) is 7.21. The number of nitro benzene ring substituents is 1. The molecule has 23 heavy (non-hydrogen) atoms. The number of halogens is 1. The molecule has 0 heterocycles. The molecule has 0 radical (unpaired) electrons. The van der Waals surface area contributed by atoms with E-state index in [0.29, 0.717) is 22.4 Å². The number of Topliss-reactive ketones (excluding diaryl/α,β-unsaturated/α-hetero) is 1. The van der Waals surface area contributed by atoms with E-state index in [2.05, 4.69) is 0 Å². The third-order valence-corrected chi connectivity index (χ3v) is 3.60. The molecule has 0 aliphatic heterocycles. The third-order valence-electron chi connectivity index (χ3n) is 3.30. The predicted octanol–water partition coefficient (Wildman–Crippen LogP) is 3.28. The lowest BCUT2D eigenvalue weighted by molar-refractivity contribution is -0.385. The van der Waals surface area contributed by atoms with Gasteiger partial charge in [0.05, 0.1) is 16.5 Å². The van der Waals surface area contributed by atoms with Crippen LogP contribution in [0.5, 0.6) is 5.75 Å². The van der Waals surface area contributed by atoms with E-state index < -0.39 is 4.92 Å². The number of ketones is 1. The van der Waals surface area contributed by atoms with Crippen molar-refractivity contribution in [3.8, 4) is 5.75 Å². The number of carbonyl (C=O) groups is 1. The molecule has 0 fully saturated rings. The first-order chi connectivity index (χ1) is 10.9. The molecule has 120 valence electrons. The van der Waals surface area contributed by atoms with E-state index in [-0.39, 0.29) is 29.6 Å². The molecule has 0 atom stereocenters. The lowest BCUT2D eigenvalue weighted by Gasteiger charge is -2.09. The fourth-order valence-electron chi connectivity index (χ4n) is 2.01. The molecule has 0 aliphatic carbocycles. The largest absolute Gasteiger partial charge is 0.487 e. The first kappa shape index (κ1) is 16.9. The molecule has 2 rings (SSSR count). The van der Waals surface area contributed by atoms with Gasteiger partial charge in [-0.25, -0.2) is 0 Å². The highest BCUT2D eigenvalue weighted by atomic mass is 35.5. The molecule has 7 heteroatoms. The Labute approximate surface area is 138 Å². The van der Waals surface area contributed by atoms with Crippen molar-refractivity contribution in [3.05, 3.63) is 68.2 Å². The van der Waals surface area contributed by atoms with Gasteiger partial charge < -0.3 is 10.5 Å². The van der Waals surface area contributed by atoms with Crippen LogP contribution in [-0.2, 0) is 6.61 Å². The summed E-state index contributed by atoms with van der Waals surface area (Å²) in [6.45, 7) is 1.71. The summed E-state index contributed by atoms with van der Waals surface area (Å²) in [5, 5.41) is 11.2. The van der Waals surface area contributed by atoms with Gasteiger partial charge in [0.2, 0.25) is 0 Å². The van der Waals surface area contributed by atoms with Gasteiger partial charge in [0.1, 0.15) is 12.4 Å². The van der Waals surface area contributed by atoms with Crippen molar-refractivity contribution in [3.63, 3.8) is 0 Å². The van der Waals surface area contributed by atoms with Crippen LogP contribution in [0.15, 0.2) is 36.4 Å². The zero-order valence-corrected chi connectivity index (χ0v) is 13.2. The monoisotopic (exact) mass is 334 g/mol. The van der Waals surface area contributed by atoms with Crippen LogP contribution in [0.3, 0.4) is 0 Å². The summed E-state index contributed by atoms with van der Waals surface area (Å²) >= 11 is 6.08. The molecule has 0 aromatic heterocycles. The summed E-state index contributed by atoms with van der Waals surface area (Å²) in [4.78, 5) is 22.0. The number of nitrogens with zero attached hydrogens (tertiary/aromatic N) is 1. The van der Waals surface area contributed by atoms with Gasteiger partial charge in [0.25, 0.3) is 5.69 Å². The predicted molar refractivity (Wildman–Crippen MR) is 87.0 cm³/mol. The summed E-state index contributed by atoms with van der Waals surface area (Å²) < 4.78 is 5.57. The van der Waals surface area contributed by atoms with E-state index >= 15 is 0 Å².